The second kappa shape index (κ2) is 6.69. The Labute approximate surface area is 149 Å². The summed E-state index contributed by atoms with van der Waals surface area (Å²) in [5.74, 6) is 0. The van der Waals surface area contributed by atoms with Gasteiger partial charge in [-0.25, -0.2) is 0 Å². The third-order valence-electron chi connectivity index (χ3n) is 4.01. The molecule has 2 aromatic carbocycles. The quantitative estimate of drug-likeness (QED) is 0.305. The van der Waals surface area contributed by atoms with Crippen LogP contribution in [0, 0.1) is 13.0 Å². The van der Waals surface area contributed by atoms with E-state index >= 15 is 0 Å². The van der Waals surface area contributed by atoms with Crippen LogP contribution in [0.5, 0.6) is 0 Å². The van der Waals surface area contributed by atoms with Crippen LogP contribution >= 0.6 is 25.5 Å². The molecule has 0 bridgehead atoms. The van der Waals surface area contributed by atoms with E-state index < -0.39 is 18.2 Å². The molecule has 22 heavy (non-hydrogen) atoms. The molecule has 113 valence electrons. The topological polar surface area (TPSA) is 4.93 Å². The van der Waals surface area contributed by atoms with Gasteiger partial charge in [0.1, 0.15) is 0 Å². The molecule has 0 unspecified atom stereocenters. The second-order valence-corrected chi connectivity index (χ2v) is 16.6. The molecule has 0 N–H and O–H groups in total. The van der Waals surface area contributed by atoms with Crippen molar-refractivity contribution in [3.63, 3.8) is 0 Å². The van der Waals surface area contributed by atoms with E-state index in [4.69, 9.17) is 25.5 Å². The van der Waals surface area contributed by atoms with Crippen LogP contribution < -0.4 is 0 Å². The molecule has 3 aromatic rings. The van der Waals surface area contributed by atoms with E-state index in [1.165, 1.54) is 38.9 Å². The van der Waals surface area contributed by atoms with Crippen molar-refractivity contribution in [1.82, 2.24) is 4.57 Å². The molecule has 0 saturated heterocycles. The zero-order valence-corrected chi connectivity index (χ0v) is 17.0. The number of aromatic nitrogens is 1. The van der Waals surface area contributed by atoms with Crippen LogP contribution in [0.3, 0.4) is 0 Å². The molecule has 0 saturated carbocycles. The Hall–Kier alpha value is -0.267. The molecule has 0 radical (unpaired) electrons. The molecule has 1 aromatic heterocycles. The van der Waals surface area contributed by atoms with E-state index in [0.29, 0.717) is 0 Å². The Bertz CT molecular complexity index is 837. The zero-order chi connectivity index (χ0) is 15.9. The van der Waals surface area contributed by atoms with Gasteiger partial charge in [-0.2, -0.15) is 24.3 Å². The SMILES string of the molecule is Cc1ccc2c(c1)c1c(n2C)-c2ccc[c-]c2C1.[Cl][Zr]([Cl])[Cl]. The fraction of sp³-hybridized carbons (Fsp3) is 0.176. The van der Waals surface area contributed by atoms with Crippen molar-refractivity contribution in [3.8, 4) is 11.3 Å². The van der Waals surface area contributed by atoms with Gasteiger partial charge in [0.2, 0.25) is 0 Å². The zero-order valence-electron chi connectivity index (χ0n) is 12.3. The van der Waals surface area contributed by atoms with Crippen molar-refractivity contribution in [2.24, 2.45) is 7.05 Å². The van der Waals surface area contributed by atoms with Crippen LogP contribution in [-0.4, -0.2) is 4.57 Å². The number of hydrogen-bond donors (Lipinski definition) is 0. The first-order chi connectivity index (χ1) is 10.5. The summed E-state index contributed by atoms with van der Waals surface area (Å²) >= 11 is -2.13. The van der Waals surface area contributed by atoms with Gasteiger partial charge in [-0.15, -0.1) is 11.1 Å². The summed E-state index contributed by atoms with van der Waals surface area (Å²) in [6.07, 6.45) is 1.02. The van der Waals surface area contributed by atoms with Gasteiger partial charge in [-0.1, -0.05) is 11.6 Å². The molecule has 0 fully saturated rings. The standard InChI is InChI=1S/C17H14N.3ClH.Zr/c1-11-7-8-16-14(9-11)15-10-12-5-3-4-6-13(12)17(15)18(16)2;;;;/h3-4,6-9H,10H2,1-2H3;3*1H;/q-1;;;;+3/p-3. The molecule has 1 aliphatic rings. The van der Waals surface area contributed by atoms with Gasteiger partial charge in [-0.05, 0) is 36.7 Å². The van der Waals surface area contributed by atoms with Gasteiger partial charge >= 0.3 is 43.7 Å². The maximum atomic E-state index is 5.00. The molecular weight excluding hydrogens is 416 g/mol. The van der Waals surface area contributed by atoms with Crippen LogP contribution in [-0.2, 0) is 31.6 Å². The Morgan fingerprint density at radius 2 is 1.91 bits per heavy atom. The Morgan fingerprint density at radius 1 is 1.18 bits per heavy atom. The van der Waals surface area contributed by atoms with Crippen LogP contribution in [0.25, 0.3) is 22.2 Å². The van der Waals surface area contributed by atoms with Gasteiger partial charge < -0.3 is 4.57 Å². The summed E-state index contributed by atoms with van der Waals surface area (Å²) in [6.45, 7) is 2.16. The van der Waals surface area contributed by atoms with E-state index in [1.54, 1.807) is 0 Å². The summed E-state index contributed by atoms with van der Waals surface area (Å²) in [6, 6.07) is 16.4. The maximum absolute atomic E-state index is 5.00. The predicted molar refractivity (Wildman–Crippen MR) is 92.3 cm³/mol. The van der Waals surface area contributed by atoms with Crippen molar-refractivity contribution in [3.05, 3.63) is 59.2 Å². The number of aryl methyl sites for hydroxylation is 2. The third-order valence-corrected chi connectivity index (χ3v) is 4.01. The Balaban J connectivity index is 0.000000325. The number of halogens is 3. The average Bonchev–Trinajstić information content (AvgIpc) is 2.95. The molecule has 1 nitrogen and oxygen atoms in total. The van der Waals surface area contributed by atoms with Crippen LogP contribution in [0.4, 0.5) is 0 Å². The van der Waals surface area contributed by atoms with E-state index in [1.807, 2.05) is 6.07 Å². The van der Waals surface area contributed by atoms with E-state index in [9.17, 15) is 0 Å². The fourth-order valence-electron chi connectivity index (χ4n) is 3.17. The minimum atomic E-state index is -2.13. The van der Waals surface area contributed by atoms with Crippen LogP contribution in [0.15, 0.2) is 36.4 Å². The van der Waals surface area contributed by atoms with Crippen molar-refractivity contribution in [2.75, 3.05) is 0 Å². The summed E-state index contributed by atoms with van der Waals surface area (Å²) in [7, 11) is 17.2. The molecule has 4 rings (SSSR count). The van der Waals surface area contributed by atoms with Gasteiger partial charge in [-0.3, -0.25) is 0 Å². The van der Waals surface area contributed by atoms with Crippen molar-refractivity contribution in [2.45, 2.75) is 13.3 Å². The van der Waals surface area contributed by atoms with E-state index in [-0.39, 0.29) is 0 Å². The van der Waals surface area contributed by atoms with E-state index in [2.05, 4.69) is 54.9 Å². The first-order valence-electron chi connectivity index (χ1n) is 6.90. The Kier molecular flexibility index (Phi) is 5.05. The summed E-state index contributed by atoms with van der Waals surface area (Å²) < 4.78 is 2.32. The van der Waals surface area contributed by atoms with Gasteiger partial charge in [0.05, 0.1) is 0 Å². The molecule has 0 spiro atoms. The number of nitrogens with zero attached hydrogens (tertiary/aromatic N) is 1. The van der Waals surface area contributed by atoms with Crippen molar-refractivity contribution in [1.29, 1.82) is 0 Å². The van der Waals surface area contributed by atoms with E-state index in [0.717, 1.165) is 6.42 Å². The molecule has 1 heterocycles. The summed E-state index contributed by atoms with van der Waals surface area (Å²) in [5.41, 5.74) is 8.19. The second-order valence-electron chi connectivity index (χ2n) is 5.36. The Morgan fingerprint density at radius 3 is 2.64 bits per heavy atom. The molecule has 0 amide bonds. The minimum absolute atomic E-state index is 1.02. The first kappa shape index (κ1) is 16.6. The summed E-state index contributed by atoms with van der Waals surface area (Å²) in [4.78, 5) is 0. The molecule has 1 aliphatic carbocycles. The first-order valence-corrected chi connectivity index (χ1v) is 16.4. The third kappa shape index (κ3) is 3.04. The number of hydrogen-bond acceptors (Lipinski definition) is 0. The molecule has 0 atom stereocenters. The van der Waals surface area contributed by atoms with Crippen LogP contribution in [0.1, 0.15) is 16.7 Å². The number of fused-ring (bicyclic) bond motifs is 5. The predicted octanol–water partition coefficient (Wildman–Crippen LogP) is 5.92. The van der Waals surface area contributed by atoms with Gasteiger partial charge in [0.15, 0.2) is 0 Å². The average molecular weight is 430 g/mol. The monoisotopic (exact) mass is 427 g/mol. The number of benzene rings is 2. The van der Waals surface area contributed by atoms with Crippen molar-refractivity contribution >= 4 is 36.4 Å². The number of rotatable bonds is 0. The van der Waals surface area contributed by atoms with Crippen molar-refractivity contribution < 1.29 is 18.2 Å². The van der Waals surface area contributed by atoms with Crippen LogP contribution in [0.2, 0.25) is 0 Å². The van der Waals surface area contributed by atoms with Gasteiger partial charge in [0.25, 0.3) is 0 Å². The summed E-state index contributed by atoms with van der Waals surface area (Å²) in [5, 5.41) is 1.40. The molecule has 5 heteroatoms. The normalized spacial score (nSPS) is 11.7. The van der Waals surface area contributed by atoms with Gasteiger partial charge in [0, 0.05) is 18.0 Å². The molecule has 0 aliphatic heterocycles. The fourth-order valence-corrected chi connectivity index (χ4v) is 3.17. The molecular formula is C17H14Cl3NZr-.